The predicted octanol–water partition coefficient (Wildman–Crippen LogP) is 6.99. The molecule has 2 atom stereocenters. The molecule has 0 radical (unpaired) electrons. The molecule has 0 spiro atoms. The minimum atomic E-state index is -0.277. The van der Waals surface area contributed by atoms with Crippen LogP contribution < -0.4 is 10.2 Å². The van der Waals surface area contributed by atoms with Crippen LogP contribution in [0.2, 0.25) is 10.0 Å². The van der Waals surface area contributed by atoms with Gasteiger partial charge in [0, 0.05) is 33.3 Å². The number of hydrogen-bond acceptors (Lipinski definition) is 3. The molecule has 4 aromatic rings. The lowest BCUT2D eigenvalue weighted by Crippen LogP contribution is -2.29. The minimum Gasteiger partial charge on any atom is -0.506 e. The van der Waals surface area contributed by atoms with Crippen molar-refractivity contribution >= 4 is 46.2 Å². The van der Waals surface area contributed by atoms with Gasteiger partial charge in [-0.2, -0.15) is 0 Å². The summed E-state index contributed by atoms with van der Waals surface area (Å²) in [7, 11) is 0. The van der Waals surface area contributed by atoms with E-state index in [0.717, 1.165) is 33.9 Å². The quantitative estimate of drug-likeness (QED) is 0.283. The third kappa shape index (κ3) is 4.16. The van der Waals surface area contributed by atoms with Crippen LogP contribution in [-0.2, 0) is 0 Å². The number of halogens is 2. The molecule has 0 unspecified atom stereocenters. The van der Waals surface area contributed by atoms with Crippen molar-refractivity contribution < 1.29 is 5.11 Å². The highest BCUT2D eigenvalue weighted by Gasteiger charge is 2.43. The Labute approximate surface area is 219 Å². The van der Waals surface area contributed by atoms with Crippen molar-refractivity contribution in [3.05, 3.63) is 105 Å². The maximum absolute atomic E-state index is 10.8. The number of aryl methyl sites for hydroxylation is 2. The maximum Gasteiger partial charge on any atom is 0.174 e. The van der Waals surface area contributed by atoms with E-state index in [0.29, 0.717) is 20.8 Å². The summed E-state index contributed by atoms with van der Waals surface area (Å²) in [5.74, 6) is 0.102. The number of phenolic OH excluding ortho intramolecular Hbond substituents is 1. The first kappa shape index (κ1) is 23.7. The van der Waals surface area contributed by atoms with Crippen molar-refractivity contribution in [2.75, 3.05) is 4.90 Å². The van der Waals surface area contributed by atoms with E-state index in [1.165, 1.54) is 0 Å². The highest BCUT2D eigenvalue weighted by atomic mass is 35.5. The zero-order valence-corrected chi connectivity index (χ0v) is 21.8. The Bertz CT molecular complexity index is 1440. The highest BCUT2D eigenvalue weighted by Crippen LogP contribution is 2.46. The monoisotopic (exact) mass is 522 g/mol. The van der Waals surface area contributed by atoms with Crippen molar-refractivity contribution in [1.82, 2.24) is 14.9 Å². The molecule has 178 valence electrons. The Balaban J connectivity index is 1.73. The Morgan fingerprint density at radius 1 is 0.943 bits per heavy atom. The van der Waals surface area contributed by atoms with Crippen LogP contribution in [0.3, 0.4) is 0 Å². The van der Waals surface area contributed by atoms with Gasteiger partial charge in [0.25, 0.3) is 0 Å². The van der Waals surface area contributed by atoms with Crippen LogP contribution in [0.15, 0.2) is 66.9 Å². The first-order valence-electron chi connectivity index (χ1n) is 11.2. The zero-order chi connectivity index (χ0) is 24.9. The van der Waals surface area contributed by atoms with Gasteiger partial charge in [-0.1, -0.05) is 35.3 Å². The molecule has 1 aliphatic rings. The van der Waals surface area contributed by atoms with Crippen molar-refractivity contribution in [3.8, 4) is 11.4 Å². The van der Waals surface area contributed by atoms with E-state index in [1.807, 2.05) is 41.3 Å². The van der Waals surface area contributed by atoms with Crippen LogP contribution in [0.1, 0.15) is 40.3 Å². The van der Waals surface area contributed by atoms with Gasteiger partial charge < -0.3 is 19.9 Å². The Morgan fingerprint density at radius 3 is 2.37 bits per heavy atom. The molecule has 2 aromatic carbocycles. The average molecular weight is 523 g/mol. The van der Waals surface area contributed by atoms with Gasteiger partial charge in [-0.25, -0.2) is 0 Å². The van der Waals surface area contributed by atoms with Crippen LogP contribution in [0.25, 0.3) is 5.69 Å². The second-order valence-corrected chi connectivity index (χ2v) is 9.98. The Kier molecular flexibility index (Phi) is 6.21. The third-order valence-electron chi connectivity index (χ3n) is 6.50. The topological polar surface area (TPSA) is 53.3 Å². The smallest absolute Gasteiger partial charge is 0.174 e. The molecule has 1 saturated heterocycles. The molecule has 0 saturated carbocycles. The number of aromatic nitrogens is 2. The number of anilines is 1. The summed E-state index contributed by atoms with van der Waals surface area (Å²) in [6.45, 7) is 6.24. The molecule has 35 heavy (non-hydrogen) atoms. The van der Waals surface area contributed by atoms with Crippen molar-refractivity contribution in [2.45, 2.75) is 32.9 Å². The van der Waals surface area contributed by atoms with Gasteiger partial charge in [-0.3, -0.25) is 4.98 Å². The number of rotatable bonds is 4. The number of nitrogens with one attached hydrogen (secondary N) is 1. The molecule has 1 fully saturated rings. The Hall–Kier alpha value is -3.06. The van der Waals surface area contributed by atoms with Gasteiger partial charge in [0.05, 0.1) is 23.5 Å². The predicted molar refractivity (Wildman–Crippen MR) is 146 cm³/mol. The number of aromatic hydroxyl groups is 1. The van der Waals surface area contributed by atoms with E-state index in [1.54, 1.807) is 24.4 Å². The number of hydrogen-bond donors (Lipinski definition) is 2. The standard InChI is InChI=1S/C27H24Cl2N4OS/c1-15-7-8-18(28)13-22(15)32-16(2)12-20(17(32)3)26-25(21-6-4-5-11-30-21)31-27(35)33(26)23-14-19(29)9-10-24(23)34/h4-14,25-26,34H,1-3H3,(H,31,35)/t25-,26+/m1/s1. The molecule has 0 bridgehead atoms. The summed E-state index contributed by atoms with van der Waals surface area (Å²) in [5, 5.41) is 15.9. The molecule has 0 aliphatic carbocycles. The minimum absolute atomic E-state index is 0.102. The van der Waals surface area contributed by atoms with Crippen LogP contribution in [0.4, 0.5) is 5.69 Å². The summed E-state index contributed by atoms with van der Waals surface area (Å²) in [4.78, 5) is 6.56. The molecule has 8 heteroatoms. The molecule has 5 rings (SSSR count). The lowest BCUT2D eigenvalue weighted by atomic mass is 9.96. The molecular formula is C27H24Cl2N4OS. The second kappa shape index (κ2) is 9.19. The van der Waals surface area contributed by atoms with Crippen LogP contribution in [0, 0.1) is 20.8 Å². The van der Waals surface area contributed by atoms with E-state index in [-0.39, 0.29) is 17.8 Å². The lowest BCUT2D eigenvalue weighted by Gasteiger charge is -2.29. The lowest BCUT2D eigenvalue weighted by molar-refractivity contribution is 0.472. The van der Waals surface area contributed by atoms with E-state index in [9.17, 15) is 5.11 Å². The van der Waals surface area contributed by atoms with E-state index in [2.05, 4.69) is 41.7 Å². The SMILES string of the molecule is Cc1ccc(Cl)cc1-n1c(C)cc([C@H]2[C@@H](c3ccccn3)NC(=S)N2c2cc(Cl)ccc2O)c1C. The molecule has 2 N–H and O–H groups in total. The number of phenols is 1. The van der Waals surface area contributed by atoms with Gasteiger partial charge in [0.15, 0.2) is 5.11 Å². The molecule has 1 aliphatic heterocycles. The van der Waals surface area contributed by atoms with Gasteiger partial charge >= 0.3 is 0 Å². The summed E-state index contributed by atoms with van der Waals surface area (Å²) in [6.07, 6.45) is 1.77. The third-order valence-corrected chi connectivity index (χ3v) is 7.28. The van der Waals surface area contributed by atoms with Crippen LogP contribution >= 0.6 is 35.4 Å². The van der Waals surface area contributed by atoms with Crippen molar-refractivity contribution in [3.63, 3.8) is 0 Å². The van der Waals surface area contributed by atoms with Gasteiger partial charge in [0.1, 0.15) is 5.75 Å². The van der Waals surface area contributed by atoms with Gasteiger partial charge in [-0.05, 0) is 92.6 Å². The molecular weight excluding hydrogens is 499 g/mol. The fraction of sp³-hybridized carbons (Fsp3) is 0.185. The van der Waals surface area contributed by atoms with E-state index < -0.39 is 0 Å². The largest absolute Gasteiger partial charge is 0.506 e. The van der Waals surface area contributed by atoms with Gasteiger partial charge in [0.2, 0.25) is 0 Å². The molecule has 5 nitrogen and oxygen atoms in total. The van der Waals surface area contributed by atoms with Crippen LogP contribution in [-0.4, -0.2) is 19.8 Å². The first-order valence-corrected chi connectivity index (χ1v) is 12.4. The Morgan fingerprint density at radius 2 is 1.66 bits per heavy atom. The van der Waals surface area contributed by atoms with Crippen LogP contribution in [0.5, 0.6) is 5.75 Å². The maximum atomic E-state index is 10.8. The fourth-order valence-corrected chi connectivity index (χ4v) is 5.57. The highest BCUT2D eigenvalue weighted by molar-refractivity contribution is 7.80. The first-order chi connectivity index (χ1) is 16.8. The summed E-state index contributed by atoms with van der Waals surface area (Å²) < 4.78 is 2.21. The summed E-state index contributed by atoms with van der Waals surface area (Å²) in [6, 6.07) is 18.4. The molecule has 2 aromatic heterocycles. The summed E-state index contributed by atoms with van der Waals surface area (Å²) in [5.41, 5.74) is 6.72. The number of nitrogens with zero attached hydrogens (tertiary/aromatic N) is 3. The van der Waals surface area contributed by atoms with E-state index >= 15 is 0 Å². The zero-order valence-electron chi connectivity index (χ0n) is 19.5. The number of pyridine rings is 1. The fourth-order valence-electron chi connectivity index (χ4n) is 4.90. The number of benzene rings is 2. The van der Waals surface area contributed by atoms with Gasteiger partial charge in [-0.15, -0.1) is 0 Å². The summed E-state index contributed by atoms with van der Waals surface area (Å²) >= 11 is 18.5. The number of thiocarbonyl (C=S) groups is 1. The van der Waals surface area contributed by atoms with Crippen molar-refractivity contribution in [1.29, 1.82) is 0 Å². The van der Waals surface area contributed by atoms with E-state index in [4.69, 9.17) is 35.4 Å². The van der Waals surface area contributed by atoms with Crippen molar-refractivity contribution in [2.24, 2.45) is 0 Å². The molecule has 0 amide bonds. The average Bonchev–Trinajstić information content (AvgIpc) is 3.33. The molecule has 3 heterocycles. The second-order valence-electron chi connectivity index (χ2n) is 8.72. The normalized spacial score (nSPS) is 17.6.